The van der Waals surface area contributed by atoms with Gasteiger partial charge >= 0.3 is 0 Å². The number of hydrogen-bond donors (Lipinski definition) is 3. The van der Waals surface area contributed by atoms with Gasteiger partial charge in [0.1, 0.15) is 11.6 Å². The number of ether oxygens (including phenoxy) is 1. The van der Waals surface area contributed by atoms with Gasteiger partial charge in [-0.25, -0.2) is 4.39 Å². The third-order valence-corrected chi connectivity index (χ3v) is 3.69. The minimum atomic E-state index is -0.285. The van der Waals surface area contributed by atoms with Gasteiger partial charge in [0, 0.05) is 24.3 Å². The van der Waals surface area contributed by atoms with Crippen LogP contribution in [0.3, 0.4) is 0 Å². The predicted octanol–water partition coefficient (Wildman–Crippen LogP) is 2.74. The lowest BCUT2D eigenvalue weighted by Crippen LogP contribution is -2.27. The fourth-order valence-electron chi connectivity index (χ4n) is 2.35. The van der Waals surface area contributed by atoms with E-state index in [9.17, 15) is 9.18 Å². The van der Waals surface area contributed by atoms with Gasteiger partial charge in [-0.05, 0) is 55.3 Å². The summed E-state index contributed by atoms with van der Waals surface area (Å²) in [5.41, 5.74) is 2.33. The molecule has 2 aromatic carbocycles. The van der Waals surface area contributed by atoms with Crippen molar-refractivity contribution in [2.24, 2.45) is 0 Å². The number of aliphatic hydroxyl groups is 1. The van der Waals surface area contributed by atoms with Crippen molar-refractivity contribution in [3.8, 4) is 5.75 Å². The summed E-state index contributed by atoms with van der Waals surface area (Å²) in [7, 11) is 0. The van der Waals surface area contributed by atoms with Gasteiger partial charge in [-0.1, -0.05) is 6.07 Å². The Bertz CT molecular complexity index is 690. The monoisotopic (exact) mass is 346 g/mol. The highest BCUT2D eigenvalue weighted by atomic mass is 19.1. The Balaban J connectivity index is 1.80. The highest BCUT2D eigenvalue weighted by Gasteiger charge is 2.10. The van der Waals surface area contributed by atoms with Crippen LogP contribution in [0.15, 0.2) is 42.5 Å². The summed E-state index contributed by atoms with van der Waals surface area (Å²) in [6, 6.07) is 11.4. The molecule has 2 rings (SSSR count). The highest BCUT2D eigenvalue weighted by Crippen LogP contribution is 2.19. The van der Waals surface area contributed by atoms with Gasteiger partial charge in [0.25, 0.3) is 5.91 Å². The molecule has 0 spiro atoms. The molecule has 1 amide bonds. The quantitative estimate of drug-likeness (QED) is 0.611. The first-order valence-corrected chi connectivity index (χ1v) is 8.22. The van der Waals surface area contributed by atoms with Gasteiger partial charge in [0.2, 0.25) is 0 Å². The zero-order valence-corrected chi connectivity index (χ0v) is 14.2. The summed E-state index contributed by atoms with van der Waals surface area (Å²) in [4.78, 5) is 12.0. The van der Waals surface area contributed by atoms with Crippen LogP contribution in [-0.4, -0.2) is 37.3 Å². The number of halogens is 1. The van der Waals surface area contributed by atoms with E-state index in [1.54, 1.807) is 18.2 Å². The first-order valence-electron chi connectivity index (χ1n) is 8.22. The molecule has 0 radical (unpaired) electrons. The zero-order valence-electron chi connectivity index (χ0n) is 14.2. The number of benzene rings is 2. The summed E-state index contributed by atoms with van der Waals surface area (Å²) < 4.78 is 18.3. The summed E-state index contributed by atoms with van der Waals surface area (Å²) in [6.07, 6.45) is 0.762. The van der Waals surface area contributed by atoms with E-state index in [4.69, 9.17) is 9.84 Å². The van der Waals surface area contributed by atoms with Crippen LogP contribution in [0.2, 0.25) is 0 Å². The number of carbonyl (C=O) groups is 1. The third kappa shape index (κ3) is 5.76. The minimum absolute atomic E-state index is 0.0865. The fraction of sp³-hybridized carbons (Fsp3) is 0.316. The van der Waals surface area contributed by atoms with Crippen molar-refractivity contribution in [1.82, 2.24) is 5.32 Å². The maximum atomic E-state index is 12.8. The smallest absolute Gasteiger partial charge is 0.251 e. The number of anilines is 1. The highest BCUT2D eigenvalue weighted by molar-refractivity contribution is 5.97. The van der Waals surface area contributed by atoms with Crippen molar-refractivity contribution >= 4 is 11.6 Å². The Hall–Kier alpha value is -2.60. The number of aliphatic hydroxyl groups excluding tert-OH is 1. The van der Waals surface area contributed by atoms with Crippen molar-refractivity contribution in [1.29, 1.82) is 0 Å². The van der Waals surface area contributed by atoms with E-state index in [-0.39, 0.29) is 24.9 Å². The summed E-state index contributed by atoms with van der Waals surface area (Å²) >= 11 is 0. The number of nitrogens with one attached hydrogen (secondary N) is 2. The van der Waals surface area contributed by atoms with Crippen molar-refractivity contribution in [2.75, 3.05) is 31.6 Å². The minimum Gasteiger partial charge on any atom is -0.494 e. The Kier molecular flexibility index (Phi) is 7.22. The van der Waals surface area contributed by atoms with Crippen LogP contribution in [-0.2, 0) is 0 Å². The van der Waals surface area contributed by atoms with Gasteiger partial charge in [-0.15, -0.1) is 0 Å². The van der Waals surface area contributed by atoms with Crippen molar-refractivity contribution < 1.29 is 19.0 Å². The number of carbonyl (C=O) groups excluding carboxylic acids is 1. The second kappa shape index (κ2) is 9.64. The zero-order chi connectivity index (χ0) is 18.1. The van der Waals surface area contributed by atoms with Crippen LogP contribution in [0, 0.1) is 12.7 Å². The second-order valence-electron chi connectivity index (χ2n) is 5.54. The normalized spacial score (nSPS) is 10.4. The molecule has 0 atom stereocenters. The molecule has 0 heterocycles. The molecule has 0 aliphatic carbocycles. The molecule has 0 unspecified atom stereocenters. The maximum absolute atomic E-state index is 12.8. The molecule has 0 saturated heterocycles. The third-order valence-electron chi connectivity index (χ3n) is 3.69. The SMILES string of the molecule is Cc1c(NCCCOc2ccc(F)cc2)cccc1C(=O)NCCO. The van der Waals surface area contributed by atoms with Crippen LogP contribution in [0.4, 0.5) is 10.1 Å². The molecule has 0 fully saturated rings. The molecule has 2 aromatic rings. The number of rotatable bonds is 9. The van der Waals surface area contributed by atoms with E-state index in [0.29, 0.717) is 24.5 Å². The van der Waals surface area contributed by atoms with E-state index in [1.807, 2.05) is 19.1 Å². The average Bonchev–Trinajstić information content (AvgIpc) is 2.62. The van der Waals surface area contributed by atoms with Gasteiger partial charge < -0.3 is 20.5 Å². The van der Waals surface area contributed by atoms with Gasteiger partial charge in [-0.3, -0.25) is 4.79 Å². The molecule has 0 aliphatic heterocycles. The van der Waals surface area contributed by atoms with Crippen LogP contribution in [0.1, 0.15) is 22.3 Å². The lowest BCUT2D eigenvalue weighted by molar-refractivity contribution is 0.0944. The van der Waals surface area contributed by atoms with E-state index in [0.717, 1.165) is 17.7 Å². The molecule has 25 heavy (non-hydrogen) atoms. The summed E-state index contributed by atoms with van der Waals surface area (Å²) in [6.45, 7) is 3.22. The van der Waals surface area contributed by atoms with Crippen LogP contribution in [0.5, 0.6) is 5.75 Å². The van der Waals surface area contributed by atoms with Crippen LogP contribution >= 0.6 is 0 Å². The van der Waals surface area contributed by atoms with Gasteiger partial charge in [0.15, 0.2) is 0 Å². The molecule has 0 saturated carbocycles. The lowest BCUT2D eigenvalue weighted by atomic mass is 10.1. The molecule has 134 valence electrons. The van der Waals surface area contributed by atoms with Gasteiger partial charge in [0.05, 0.1) is 13.2 Å². The Morgan fingerprint density at radius 2 is 1.92 bits per heavy atom. The molecule has 0 aromatic heterocycles. The molecule has 6 heteroatoms. The van der Waals surface area contributed by atoms with E-state index in [1.165, 1.54) is 12.1 Å². The molecule has 3 N–H and O–H groups in total. The first-order chi connectivity index (χ1) is 12.1. The van der Waals surface area contributed by atoms with Crippen LogP contribution < -0.4 is 15.4 Å². The topological polar surface area (TPSA) is 70.6 Å². The maximum Gasteiger partial charge on any atom is 0.251 e. The first kappa shape index (κ1) is 18.7. The van der Waals surface area contributed by atoms with E-state index >= 15 is 0 Å². The van der Waals surface area contributed by atoms with Crippen molar-refractivity contribution in [3.63, 3.8) is 0 Å². The number of hydrogen-bond acceptors (Lipinski definition) is 4. The Morgan fingerprint density at radius 3 is 2.64 bits per heavy atom. The largest absolute Gasteiger partial charge is 0.494 e. The Morgan fingerprint density at radius 1 is 1.16 bits per heavy atom. The van der Waals surface area contributed by atoms with Gasteiger partial charge in [-0.2, -0.15) is 0 Å². The molecular weight excluding hydrogens is 323 g/mol. The van der Waals surface area contributed by atoms with Crippen molar-refractivity contribution in [3.05, 3.63) is 59.4 Å². The summed E-state index contributed by atoms with van der Waals surface area (Å²) in [5.74, 6) is 0.155. The van der Waals surface area contributed by atoms with Crippen molar-refractivity contribution in [2.45, 2.75) is 13.3 Å². The Labute approximate surface area is 146 Å². The van der Waals surface area contributed by atoms with E-state index < -0.39 is 0 Å². The molecule has 0 aliphatic rings. The second-order valence-corrected chi connectivity index (χ2v) is 5.54. The summed E-state index contributed by atoms with van der Waals surface area (Å²) in [5, 5.41) is 14.7. The lowest BCUT2D eigenvalue weighted by Gasteiger charge is -2.13. The average molecular weight is 346 g/mol. The standard InChI is InChI=1S/C19H23FN2O3/c1-14-17(19(24)22-11-12-23)4-2-5-18(14)21-10-3-13-25-16-8-6-15(20)7-9-16/h2,4-9,21,23H,3,10-13H2,1H3,(H,22,24). The molecule has 0 bridgehead atoms. The van der Waals surface area contributed by atoms with Crippen LogP contribution in [0.25, 0.3) is 0 Å². The molecular formula is C19H23FN2O3. The fourth-order valence-corrected chi connectivity index (χ4v) is 2.35. The number of amides is 1. The molecule has 5 nitrogen and oxygen atoms in total. The van der Waals surface area contributed by atoms with E-state index in [2.05, 4.69) is 10.6 Å². The predicted molar refractivity (Wildman–Crippen MR) is 95.6 cm³/mol.